The van der Waals surface area contributed by atoms with Crippen LogP contribution >= 0.6 is 0 Å². The van der Waals surface area contributed by atoms with Gasteiger partial charge in [0.05, 0.1) is 7.11 Å². The summed E-state index contributed by atoms with van der Waals surface area (Å²) in [5, 5.41) is 2.75. The van der Waals surface area contributed by atoms with Gasteiger partial charge in [0.2, 0.25) is 10.4 Å². The summed E-state index contributed by atoms with van der Waals surface area (Å²) in [6.45, 7) is 0. The van der Waals surface area contributed by atoms with E-state index in [1.54, 1.807) is 0 Å². The van der Waals surface area contributed by atoms with Crippen LogP contribution in [0.2, 0.25) is 0 Å². The first kappa shape index (κ1) is 16.4. The molecule has 0 bridgehead atoms. The molecule has 0 saturated carbocycles. The molecule has 0 amide bonds. The molecular weight excluding hydrogens is 160 g/mol. The van der Waals surface area contributed by atoms with Crippen LogP contribution in [0, 0.1) is 0 Å². The highest BCUT2D eigenvalue weighted by Crippen LogP contribution is 1.74. The van der Waals surface area contributed by atoms with Crippen LogP contribution in [-0.2, 0) is 14.6 Å². The topological polar surface area (TPSA) is 115 Å². The van der Waals surface area contributed by atoms with Crippen molar-refractivity contribution in [2.75, 3.05) is 21.2 Å². The van der Waals surface area contributed by atoms with Crippen molar-refractivity contribution >= 4 is 10.4 Å². The van der Waals surface area contributed by atoms with Crippen LogP contribution in [0.3, 0.4) is 0 Å². The van der Waals surface area contributed by atoms with Crippen molar-refractivity contribution in [3.63, 3.8) is 0 Å². The lowest BCUT2D eigenvalue weighted by atomic mass is 11.3. The fourth-order valence-electron chi connectivity index (χ4n) is 0. The standard InChI is InChI=1S/C2H7N.CH4O4S.H3N/c1-3-2;1-5-6(2,3)4;/h3H,1-2H3;1H3,(H,2,3,4);1H3. The summed E-state index contributed by atoms with van der Waals surface area (Å²) in [5.74, 6) is 0. The Balaban J connectivity index is -0.000000107. The number of hydrogen-bond donors (Lipinski definition) is 2. The van der Waals surface area contributed by atoms with Crippen LogP contribution in [0.1, 0.15) is 0 Å². The van der Waals surface area contributed by atoms with E-state index < -0.39 is 10.4 Å². The first-order valence-corrected chi connectivity index (χ1v) is 3.41. The average molecular weight is 174 g/mol. The van der Waals surface area contributed by atoms with Crippen LogP contribution < -0.4 is 11.5 Å². The average Bonchev–Trinajstić information content (AvgIpc) is 1.67. The SMILES string of the molecule is CNC.COS(=O)(=O)[O-].[NH4+]. The summed E-state index contributed by atoms with van der Waals surface area (Å²) in [6, 6.07) is 0. The largest absolute Gasteiger partial charge is 0.726 e. The third-order valence-corrected chi connectivity index (χ3v) is 0.612. The summed E-state index contributed by atoms with van der Waals surface area (Å²) in [6.07, 6.45) is 0. The van der Waals surface area contributed by atoms with Gasteiger partial charge in [-0.25, -0.2) is 8.42 Å². The van der Waals surface area contributed by atoms with E-state index in [4.69, 9.17) is 0 Å². The van der Waals surface area contributed by atoms with Crippen molar-refractivity contribution in [2.24, 2.45) is 0 Å². The molecule has 0 fully saturated rings. The highest BCUT2D eigenvalue weighted by molar-refractivity contribution is 7.80. The van der Waals surface area contributed by atoms with Crippen LogP contribution in [0.15, 0.2) is 0 Å². The van der Waals surface area contributed by atoms with E-state index in [-0.39, 0.29) is 6.15 Å². The van der Waals surface area contributed by atoms with E-state index in [0.717, 1.165) is 7.11 Å². The minimum atomic E-state index is -4.41. The van der Waals surface area contributed by atoms with E-state index in [2.05, 4.69) is 9.50 Å². The van der Waals surface area contributed by atoms with E-state index >= 15 is 0 Å². The Morgan fingerprint density at radius 1 is 1.40 bits per heavy atom. The summed E-state index contributed by atoms with van der Waals surface area (Å²) in [4.78, 5) is 0. The van der Waals surface area contributed by atoms with Crippen LogP contribution in [-0.4, -0.2) is 34.2 Å². The van der Waals surface area contributed by atoms with Gasteiger partial charge in [-0.3, -0.25) is 4.18 Å². The Morgan fingerprint density at radius 2 is 1.50 bits per heavy atom. The van der Waals surface area contributed by atoms with E-state index in [0.29, 0.717) is 0 Å². The normalized spacial score (nSPS) is 8.80. The van der Waals surface area contributed by atoms with Gasteiger partial charge in [-0.05, 0) is 14.1 Å². The van der Waals surface area contributed by atoms with Gasteiger partial charge in [-0.1, -0.05) is 0 Å². The molecular formula is C3H14N2O4S. The maximum absolute atomic E-state index is 9.22. The third kappa shape index (κ3) is 46.1. The van der Waals surface area contributed by atoms with Gasteiger partial charge in [-0.2, -0.15) is 0 Å². The third-order valence-electron chi connectivity index (χ3n) is 0.204. The molecule has 0 aliphatic rings. The Morgan fingerprint density at radius 3 is 1.50 bits per heavy atom. The maximum atomic E-state index is 9.22. The summed E-state index contributed by atoms with van der Waals surface area (Å²) < 4.78 is 31.0. The number of rotatable bonds is 1. The Labute approximate surface area is 61.1 Å². The number of nitrogens with one attached hydrogen (secondary N) is 1. The molecule has 0 aliphatic heterocycles. The van der Waals surface area contributed by atoms with Crippen molar-refractivity contribution in [3.8, 4) is 0 Å². The first-order valence-electron chi connectivity index (χ1n) is 2.07. The molecule has 0 aromatic heterocycles. The summed E-state index contributed by atoms with van der Waals surface area (Å²) >= 11 is 0. The second-order valence-corrected chi connectivity index (χ2v) is 2.22. The summed E-state index contributed by atoms with van der Waals surface area (Å²) in [5.41, 5.74) is 0. The smallest absolute Gasteiger partial charge is 0.217 e. The fraction of sp³-hybridized carbons (Fsp3) is 1.00. The molecule has 0 rings (SSSR count). The van der Waals surface area contributed by atoms with Crippen molar-refractivity contribution in [3.05, 3.63) is 0 Å². The lowest BCUT2D eigenvalue weighted by molar-refractivity contribution is 0.314. The zero-order valence-electron chi connectivity index (χ0n) is 6.54. The molecule has 0 atom stereocenters. The number of hydrogen-bond acceptors (Lipinski definition) is 5. The Bertz CT molecular complexity index is 131. The lowest BCUT2D eigenvalue weighted by Crippen LogP contribution is -1.97. The van der Waals surface area contributed by atoms with Crippen molar-refractivity contribution in [1.29, 1.82) is 0 Å². The fourth-order valence-corrected chi connectivity index (χ4v) is 0. The molecule has 7 heteroatoms. The molecule has 0 aliphatic carbocycles. The molecule has 0 heterocycles. The van der Waals surface area contributed by atoms with Crippen molar-refractivity contribution in [1.82, 2.24) is 11.5 Å². The van der Waals surface area contributed by atoms with Gasteiger partial charge in [0, 0.05) is 0 Å². The van der Waals surface area contributed by atoms with Crippen LogP contribution in [0.25, 0.3) is 0 Å². The molecule has 6 nitrogen and oxygen atoms in total. The van der Waals surface area contributed by atoms with Gasteiger partial charge < -0.3 is 16.0 Å². The predicted octanol–water partition coefficient (Wildman–Crippen LogP) is -0.695. The Kier molecular flexibility index (Phi) is 14.4. The first-order chi connectivity index (χ1) is 3.97. The van der Waals surface area contributed by atoms with Crippen molar-refractivity contribution in [2.45, 2.75) is 0 Å². The van der Waals surface area contributed by atoms with Gasteiger partial charge in [0.1, 0.15) is 0 Å². The minimum absolute atomic E-state index is 0. The second kappa shape index (κ2) is 8.79. The van der Waals surface area contributed by atoms with Gasteiger partial charge in [-0.15, -0.1) is 0 Å². The predicted molar refractivity (Wildman–Crippen MR) is 37.7 cm³/mol. The molecule has 0 radical (unpaired) electrons. The van der Waals surface area contributed by atoms with Crippen LogP contribution in [0.5, 0.6) is 0 Å². The molecule has 0 aromatic rings. The van der Waals surface area contributed by atoms with E-state index in [1.807, 2.05) is 14.1 Å². The quantitative estimate of drug-likeness (QED) is 0.403. The molecule has 0 aromatic carbocycles. The molecule has 66 valence electrons. The van der Waals surface area contributed by atoms with Gasteiger partial charge in [0.25, 0.3) is 0 Å². The molecule has 0 unspecified atom stereocenters. The zero-order valence-corrected chi connectivity index (χ0v) is 7.36. The lowest BCUT2D eigenvalue weighted by Gasteiger charge is -1.98. The second-order valence-electron chi connectivity index (χ2n) is 1.07. The zero-order chi connectivity index (χ0) is 7.91. The molecule has 0 spiro atoms. The highest BCUT2D eigenvalue weighted by Gasteiger charge is 1.79. The van der Waals surface area contributed by atoms with Crippen molar-refractivity contribution < 1.29 is 17.2 Å². The monoisotopic (exact) mass is 174 g/mol. The molecule has 5 N–H and O–H groups in total. The van der Waals surface area contributed by atoms with Crippen LogP contribution in [0.4, 0.5) is 0 Å². The number of quaternary nitrogens is 1. The highest BCUT2D eigenvalue weighted by atomic mass is 32.3. The Hall–Kier alpha value is -0.210. The summed E-state index contributed by atoms with van der Waals surface area (Å²) in [7, 11) is 0.146. The van der Waals surface area contributed by atoms with Gasteiger partial charge in [0.15, 0.2) is 0 Å². The minimum Gasteiger partial charge on any atom is -0.726 e. The molecule has 0 saturated heterocycles. The van der Waals surface area contributed by atoms with E-state index in [1.165, 1.54) is 0 Å². The maximum Gasteiger partial charge on any atom is 0.217 e. The van der Waals surface area contributed by atoms with E-state index in [9.17, 15) is 13.0 Å². The van der Waals surface area contributed by atoms with Gasteiger partial charge >= 0.3 is 0 Å². The molecule has 10 heavy (non-hydrogen) atoms.